The van der Waals surface area contributed by atoms with Crippen molar-refractivity contribution in [3.63, 3.8) is 0 Å². The van der Waals surface area contributed by atoms with Crippen LogP contribution < -0.4 is 5.32 Å². The predicted octanol–water partition coefficient (Wildman–Crippen LogP) is 4.50. The van der Waals surface area contributed by atoms with E-state index in [4.69, 9.17) is 0 Å². The van der Waals surface area contributed by atoms with Gasteiger partial charge in [-0.15, -0.1) is 0 Å². The number of H-pyrrole nitrogens is 1. The second-order valence-electron chi connectivity index (χ2n) is 7.14. The van der Waals surface area contributed by atoms with Crippen molar-refractivity contribution in [1.29, 1.82) is 0 Å². The number of hydrogen-bond donors (Lipinski definition) is 2. The number of nitrogens with one attached hydrogen (secondary N) is 2. The average molecular weight is 367 g/mol. The summed E-state index contributed by atoms with van der Waals surface area (Å²) in [5.74, 6) is 1.09. The quantitative estimate of drug-likeness (QED) is 0.674. The van der Waals surface area contributed by atoms with E-state index in [9.17, 15) is 0 Å². The highest BCUT2D eigenvalue weighted by molar-refractivity contribution is 7.97. The highest BCUT2D eigenvalue weighted by Gasteiger charge is 2.20. The lowest BCUT2D eigenvalue weighted by Crippen LogP contribution is -2.41. The second-order valence-corrected chi connectivity index (χ2v) is 8.01. The Morgan fingerprint density at radius 2 is 2.15 bits per heavy atom. The second kappa shape index (κ2) is 8.14. The van der Waals surface area contributed by atoms with Crippen LogP contribution >= 0.6 is 11.8 Å². The minimum Gasteiger partial charge on any atom is -0.381 e. The highest BCUT2D eigenvalue weighted by atomic mass is 32.2. The average Bonchev–Trinajstić information content (AvgIpc) is 3.10. The van der Waals surface area contributed by atoms with E-state index in [1.165, 1.54) is 36.2 Å². The molecule has 2 heterocycles. The van der Waals surface area contributed by atoms with E-state index < -0.39 is 0 Å². The first-order valence-electron chi connectivity index (χ1n) is 9.29. The van der Waals surface area contributed by atoms with Gasteiger partial charge in [-0.2, -0.15) is 16.9 Å². The molecule has 26 heavy (non-hydrogen) atoms. The van der Waals surface area contributed by atoms with Crippen molar-refractivity contribution < 1.29 is 0 Å². The van der Waals surface area contributed by atoms with Gasteiger partial charge >= 0.3 is 0 Å². The van der Waals surface area contributed by atoms with Gasteiger partial charge < -0.3 is 5.32 Å². The van der Waals surface area contributed by atoms with Crippen molar-refractivity contribution in [2.75, 3.05) is 24.7 Å². The maximum atomic E-state index is 4.11. The van der Waals surface area contributed by atoms with E-state index in [2.05, 4.69) is 69.1 Å². The molecule has 4 nitrogen and oxygen atoms in total. The molecule has 0 amide bonds. The van der Waals surface area contributed by atoms with E-state index in [1.54, 1.807) is 0 Å². The van der Waals surface area contributed by atoms with Gasteiger partial charge in [0.25, 0.3) is 0 Å². The van der Waals surface area contributed by atoms with Crippen molar-refractivity contribution in [3.05, 3.63) is 59.8 Å². The number of rotatable bonds is 6. The van der Waals surface area contributed by atoms with E-state index in [0.29, 0.717) is 6.04 Å². The Morgan fingerprint density at radius 1 is 1.23 bits per heavy atom. The smallest absolute Gasteiger partial charge is 0.0651 e. The topological polar surface area (TPSA) is 44.0 Å². The van der Waals surface area contributed by atoms with Gasteiger partial charge in [-0.1, -0.05) is 24.3 Å². The molecule has 1 fully saturated rings. The SMILES string of the molecule is CSCc1cccc(CN2CCCC(Nc3ccc4[nH]ncc4c3)C2)c1. The molecule has 1 aliphatic rings. The summed E-state index contributed by atoms with van der Waals surface area (Å²) >= 11 is 1.88. The van der Waals surface area contributed by atoms with Gasteiger partial charge in [0.05, 0.1) is 11.7 Å². The van der Waals surface area contributed by atoms with Gasteiger partial charge in [0.2, 0.25) is 0 Å². The fourth-order valence-corrected chi connectivity index (χ4v) is 4.34. The lowest BCUT2D eigenvalue weighted by molar-refractivity contribution is 0.208. The number of fused-ring (bicyclic) bond motifs is 1. The number of likely N-dealkylation sites (tertiary alicyclic amines) is 1. The molecule has 4 rings (SSSR count). The zero-order chi connectivity index (χ0) is 17.8. The third-order valence-corrected chi connectivity index (χ3v) is 5.65. The first kappa shape index (κ1) is 17.4. The zero-order valence-corrected chi connectivity index (χ0v) is 16.1. The Morgan fingerprint density at radius 3 is 3.08 bits per heavy atom. The number of aromatic nitrogens is 2. The molecule has 2 aromatic carbocycles. The molecule has 0 saturated carbocycles. The molecule has 1 saturated heterocycles. The molecule has 3 aromatic rings. The van der Waals surface area contributed by atoms with Crippen LogP contribution in [-0.2, 0) is 12.3 Å². The largest absolute Gasteiger partial charge is 0.381 e. The first-order valence-corrected chi connectivity index (χ1v) is 10.7. The summed E-state index contributed by atoms with van der Waals surface area (Å²) in [4.78, 5) is 2.58. The summed E-state index contributed by atoms with van der Waals surface area (Å²) in [5, 5.41) is 12.0. The summed E-state index contributed by atoms with van der Waals surface area (Å²) in [6.07, 6.45) is 6.52. The van der Waals surface area contributed by atoms with E-state index in [0.717, 1.165) is 29.7 Å². The van der Waals surface area contributed by atoms with Crippen molar-refractivity contribution in [2.24, 2.45) is 0 Å². The van der Waals surface area contributed by atoms with Gasteiger partial charge in [0, 0.05) is 36.0 Å². The van der Waals surface area contributed by atoms with Crippen LogP contribution in [0.3, 0.4) is 0 Å². The van der Waals surface area contributed by atoms with Crippen LogP contribution in [-0.4, -0.2) is 40.5 Å². The molecule has 1 unspecified atom stereocenters. The van der Waals surface area contributed by atoms with Crippen LogP contribution in [0.5, 0.6) is 0 Å². The normalized spacial score (nSPS) is 18.3. The molecule has 1 aliphatic heterocycles. The van der Waals surface area contributed by atoms with Gasteiger partial charge in [-0.05, 0) is 55.0 Å². The minimum absolute atomic E-state index is 0.502. The molecule has 0 radical (unpaired) electrons. The van der Waals surface area contributed by atoms with Gasteiger partial charge in [0.15, 0.2) is 0 Å². The Hall–Kier alpha value is -1.98. The number of nitrogens with zero attached hydrogens (tertiary/aromatic N) is 2. The number of aromatic amines is 1. The molecule has 0 spiro atoms. The lowest BCUT2D eigenvalue weighted by Gasteiger charge is -2.33. The molecule has 1 aromatic heterocycles. The van der Waals surface area contributed by atoms with Gasteiger partial charge in [-0.25, -0.2) is 0 Å². The minimum atomic E-state index is 0.502. The van der Waals surface area contributed by atoms with Gasteiger partial charge in [0.1, 0.15) is 0 Å². The van der Waals surface area contributed by atoms with Crippen LogP contribution in [0.4, 0.5) is 5.69 Å². The third-order valence-electron chi connectivity index (χ3n) is 5.03. The standard InChI is InChI=1S/C21H26N4S/c1-26-15-17-5-2-4-16(10-17)13-25-9-3-6-20(14-25)23-19-7-8-21-18(11-19)12-22-24-21/h2,4-5,7-8,10-12,20,23H,3,6,9,13-15H2,1H3,(H,22,24). The predicted molar refractivity (Wildman–Crippen MR) is 112 cm³/mol. The van der Waals surface area contributed by atoms with Crippen molar-refractivity contribution >= 4 is 28.4 Å². The molecule has 2 N–H and O–H groups in total. The number of thioether (sulfide) groups is 1. The third kappa shape index (κ3) is 4.22. The van der Waals surface area contributed by atoms with E-state index in [1.807, 2.05) is 18.0 Å². The molecule has 136 valence electrons. The Balaban J connectivity index is 1.38. The molecular weight excluding hydrogens is 340 g/mol. The number of hydrogen-bond acceptors (Lipinski definition) is 4. The molecule has 5 heteroatoms. The summed E-state index contributed by atoms with van der Waals surface area (Å²) in [5.41, 5.74) is 5.13. The van der Waals surface area contributed by atoms with Gasteiger partial charge in [-0.3, -0.25) is 10.00 Å². The van der Waals surface area contributed by atoms with Crippen molar-refractivity contribution in [1.82, 2.24) is 15.1 Å². The fraction of sp³-hybridized carbons (Fsp3) is 0.381. The molecule has 0 aliphatic carbocycles. The zero-order valence-electron chi connectivity index (χ0n) is 15.2. The Bertz CT molecular complexity index is 860. The van der Waals surface area contributed by atoms with E-state index >= 15 is 0 Å². The number of piperidine rings is 1. The fourth-order valence-electron chi connectivity index (χ4n) is 3.83. The molecule has 0 bridgehead atoms. The van der Waals surface area contributed by atoms with Crippen LogP contribution in [0.15, 0.2) is 48.7 Å². The van der Waals surface area contributed by atoms with Crippen LogP contribution in [0.2, 0.25) is 0 Å². The number of benzene rings is 2. The van der Waals surface area contributed by atoms with E-state index in [-0.39, 0.29) is 0 Å². The Labute approximate surface area is 159 Å². The Kier molecular flexibility index (Phi) is 5.46. The number of anilines is 1. The summed E-state index contributed by atoms with van der Waals surface area (Å²) < 4.78 is 0. The van der Waals surface area contributed by atoms with Crippen molar-refractivity contribution in [2.45, 2.75) is 31.2 Å². The maximum absolute atomic E-state index is 4.11. The van der Waals surface area contributed by atoms with Crippen LogP contribution in [0, 0.1) is 0 Å². The summed E-state index contributed by atoms with van der Waals surface area (Å²) in [6, 6.07) is 16.0. The molecule has 1 atom stereocenters. The maximum Gasteiger partial charge on any atom is 0.0651 e. The summed E-state index contributed by atoms with van der Waals surface area (Å²) in [7, 11) is 0. The lowest BCUT2D eigenvalue weighted by atomic mass is 10.0. The van der Waals surface area contributed by atoms with Crippen molar-refractivity contribution in [3.8, 4) is 0 Å². The molecular formula is C21H26N4S. The van der Waals surface area contributed by atoms with Crippen LogP contribution in [0.1, 0.15) is 24.0 Å². The monoisotopic (exact) mass is 366 g/mol. The highest BCUT2D eigenvalue weighted by Crippen LogP contribution is 2.21. The summed E-state index contributed by atoms with van der Waals surface area (Å²) in [6.45, 7) is 3.32. The first-order chi connectivity index (χ1) is 12.8. The van der Waals surface area contributed by atoms with Crippen LogP contribution in [0.25, 0.3) is 10.9 Å².